The van der Waals surface area contributed by atoms with E-state index in [0.717, 1.165) is 5.56 Å². The average Bonchev–Trinajstić information content (AvgIpc) is 2.19. The monoisotopic (exact) mass is 175 g/mol. The zero-order chi connectivity index (χ0) is 10.6. The predicted octanol–water partition coefficient (Wildman–Crippen LogP) is 3.83. The van der Waals surface area contributed by atoms with Gasteiger partial charge < -0.3 is 0 Å². The zero-order valence-electron chi connectivity index (χ0n) is 9.62. The Morgan fingerprint density at radius 2 is 2.00 bits per heavy atom. The molecule has 0 aromatic heterocycles. The van der Waals surface area contributed by atoms with Crippen molar-refractivity contribution >= 4 is 0 Å². The lowest BCUT2D eigenvalue weighted by Crippen LogP contribution is -1.90. The maximum absolute atomic E-state index is 7.96. The second-order valence-corrected chi connectivity index (χ2v) is 3.64. The molecule has 70 valence electrons. The maximum atomic E-state index is 7.96. The molecule has 0 aliphatic heterocycles. The second kappa shape index (κ2) is 4.86. The number of hydrogen-bond donors (Lipinski definition) is 0. The first-order valence-electron chi connectivity index (χ1n) is 5.34. The van der Waals surface area contributed by atoms with Crippen LogP contribution in [-0.2, 0) is 6.40 Å². The molecular weight excluding hydrogens is 156 g/mol. The Kier molecular flexibility index (Phi) is 3.20. The minimum Gasteiger partial charge on any atom is -0.0809 e. The lowest BCUT2D eigenvalue weighted by atomic mass is 10.0. The van der Waals surface area contributed by atoms with Gasteiger partial charge in [-0.25, -0.2) is 0 Å². The SMILES string of the molecule is [2H][C@@H](/C=C(/C)C(C)C)c1ccccc1. The van der Waals surface area contributed by atoms with Crippen LogP contribution in [0.2, 0.25) is 0 Å². The van der Waals surface area contributed by atoms with Gasteiger partial charge in [-0.05, 0) is 24.8 Å². The molecule has 13 heavy (non-hydrogen) atoms. The first-order chi connectivity index (χ1) is 6.61. The molecular formula is C13H18. The van der Waals surface area contributed by atoms with E-state index in [1.165, 1.54) is 5.57 Å². The largest absolute Gasteiger partial charge is 0.0809 e. The molecule has 1 rings (SSSR count). The third kappa shape index (κ3) is 3.45. The Morgan fingerprint density at radius 1 is 1.38 bits per heavy atom. The number of hydrogen-bond acceptors (Lipinski definition) is 0. The molecule has 1 aromatic rings. The normalized spacial score (nSPS) is 15.7. The van der Waals surface area contributed by atoms with Crippen LogP contribution in [0.4, 0.5) is 0 Å². The average molecular weight is 175 g/mol. The van der Waals surface area contributed by atoms with Gasteiger partial charge in [0, 0.05) is 1.37 Å². The molecule has 0 bridgehead atoms. The van der Waals surface area contributed by atoms with Crippen molar-refractivity contribution in [3.63, 3.8) is 0 Å². The van der Waals surface area contributed by atoms with Gasteiger partial charge in [-0.3, -0.25) is 0 Å². The van der Waals surface area contributed by atoms with Gasteiger partial charge in [0.05, 0.1) is 0 Å². The van der Waals surface area contributed by atoms with Gasteiger partial charge in [-0.2, -0.15) is 0 Å². The fraction of sp³-hybridized carbons (Fsp3) is 0.385. The molecule has 0 heteroatoms. The van der Waals surface area contributed by atoms with Gasteiger partial charge >= 0.3 is 0 Å². The van der Waals surface area contributed by atoms with Crippen molar-refractivity contribution < 1.29 is 1.37 Å². The molecule has 0 saturated carbocycles. The van der Waals surface area contributed by atoms with Crippen LogP contribution in [0.25, 0.3) is 0 Å². The van der Waals surface area contributed by atoms with Crippen molar-refractivity contribution in [1.82, 2.24) is 0 Å². The summed E-state index contributed by atoms with van der Waals surface area (Å²) in [5.74, 6) is 0.534. The van der Waals surface area contributed by atoms with Gasteiger partial charge in [-0.1, -0.05) is 55.8 Å². The maximum Gasteiger partial charge on any atom is 0.0359 e. The lowest BCUT2D eigenvalue weighted by Gasteiger charge is -2.04. The zero-order valence-corrected chi connectivity index (χ0v) is 8.62. The van der Waals surface area contributed by atoms with Crippen LogP contribution in [0.3, 0.4) is 0 Å². The Labute approximate surface area is 82.7 Å². The van der Waals surface area contributed by atoms with E-state index in [1.54, 1.807) is 0 Å². The quantitative estimate of drug-likeness (QED) is 0.612. The summed E-state index contributed by atoms with van der Waals surface area (Å²) in [6.45, 7) is 6.40. The van der Waals surface area contributed by atoms with Crippen molar-refractivity contribution in [1.29, 1.82) is 0 Å². The first kappa shape index (κ1) is 8.55. The Balaban J connectivity index is 2.77. The number of rotatable bonds is 3. The third-order valence-electron chi connectivity index (χ3n) is 2.25. The number of allylic oxidation sites excluding steroid dienone is 2. The summed E-state index contributed by atoms with van der Waals surface area (Å²) in [6, 6.07) is 9.95. The molecule has 0 unspecified atom stereocenters. The molecule has 0 nitrogen and oxygen atoms in total. The standard InChI is InChI=1S/C13H18/c1-11(2)12(3)9-10-13-7-5-4-6-8-13/h4-9,11H,10H2,1-3H3/b12-9-/i10D/t10-/m0/s1. The highest BCUT2D eigenvalue weighted by molar-refractivity contribution is 5.19. The van der Waals surface area contributed by atoms with Gasteiger partial charge in [-0.15, -0.1) is 0 Å². The van der Waals surface area contributed by atoms with E-state index in [1.807, 2.05) is 36.4 Å². The van der Waals surface area contributed by atoms with Crippen molar-refractivity contribution in [2.75, 3.05) is 0 Å². The molecule has 0 fully saturated rings. The van der Waals surface area contributed by atoms with E-state index in [-0.39, 0.29) is 6.40 Å². The smallest absolute Gasteiger partial charge is 0.0359 e. The van der Waals surface area contributed by atoms with E-state index in [9.17, 15) is 0 Å². The van der Waals surface area contributed by atoms with Crippen molar-refractivity contribution in [3.8, 4) is 0 Å². The lowest BCUT2D eigenvalue weighted by molar-refractivity contribution is 0.764. The summed E-state index contributed by atoms with van der Waals surface area (Å²) in [6.07, 6.45) is 1.80. The van der Waals surface area contributed by atoms with E-state index < -0.39 is 0 Å². The first-order valence-corrected chi connectivity index (χ1v) is 4.76. The van der Waals surface area contributed by atoms with Crippen LogP contribution < -0.4 is 0 Å². The summed E-state index contributed by atoms with van der Waals surface area (Å²) in [7, 11) is 0. The minimum atomic E-state index is -0.224. The van der Waals surface area contributed by atoms with Crippen LogP contribution in [0.15, 0.2) is 42.0 Å². The molecule has 0 amide bonds. The fourth-order valence-corrected chi connectivity index (χ4v) is 0.984. The number of benzene rings is 1. The predicted molar refractivity (Wildman–Crippen MR) is 58.7 cm³/mol. The van der Waals surface area contributed by atoms with E-state index in [2.05, 4.69) is 20.8 Å². The molecule has 0 saturated heterocycles. The van der Waals surface area contributed by atoms with Crippen LogP contribution in [0.1, 0.15) is 27.7 Å². The van der Waals surface area contributed by atoms with E-state index in [0.29, 0.717) is 5.92 Å². The van der Waals surface area contributed by atoms with E-state index >= 15 is 0 Å². The highest BCUT2D eigenvalue weighted by Gasteiger charge is 1.95. The third-order valence-corrected chi connectivity index (χ3v) is 2.25. The van der Waals surface area contributed by atoms with Gasteiger partial charge in [0.1, 0.15) is 0 Å². The summed E-state index contributed by atoms with van der Waals surface area (Å²) < 4.78 is 7.96. The molecule has 1 atom stereocenters. The fourth-order valence-electron chi connectivity index (χ4n) is 0.984. The highest BCUT2D eigenvalue weighted by Crippen LogP contribution is 2.10. The molecule has 0 heterocycles. The second-order valence-electron chi connectivity index (χ2n) is 3.64. The molecule has 0 N–H and O–H groups in total. The topological polar surface area (TPSA) is 0 Å². The summed E-state index contributed by atoms with van der Waals surface area (Å²) in [5.41, 5.74) is 2.35. The Morgan fingerprint density at radius 3 is 2.54 bits per heavy atom. The summed E-state index contributed by atoms with van der Waals surface area (Å²) in [5, 5.41) is 0. The van der Waals surface area contributed by atoms with Crippen LogP contribution in [-0.4, -0.2) is 0 Å². The van der Waals surface area contributed by atoms with Crippen LogP contribution in [0, 0.1) is 5.92 Å². The Hall–Kier alpha value is -1.04. The van der Waals surface area contributed by atoms with Gasteiger partial charge in [0.25, 0.3) is 0 Å². The van der Waals surface area contributed by atoms with Crippen molar-refractivity contribution in [2.45, 2.75) is 27.2 Å². The van der Waals surface area contributed by atoms with Crippen molar-refractivity contribution in [2.24, 2.45) is 5.92 Å². The van der Waals surface area contributed by atoms with Crippen molar-refractivity contribution in [3.05, 3.63) is 47.5 Å². The van der Waals surface area contributed by atoms with Crippen LogP contribution in [0.5, 0.6) is 0 Å². The van der Waals surface area contributed by atoms with E-state index in [4.69, 9.17) is 1.37 Å². The van der Waals surface area contributed by atoms with Crippen LogP contribution >= 0.6 is 0 Å². The van der Waals surface area contributed by atoms with Gasteiger partial charge in [0.15, 0.2) is 0 Å². The molecule has 0 radical (unpaired) electrons. The highest BCUT2D eigenvalue weighted by atomic mass is 14.0. The minimum absolute atomic E-state index is 0.224. The Bertz CT molecular complexity index is 298. The molecule has 0 aliphatic rings. The summed E-state index contributed by atoms with van der Waals surface area (Å²) >= 11 is 0. The summed E-state index contributed by atoms with van der Waals surface area (Å²) in [4.78, 5) is 0. The molecule has 0 spiro atoms. The molecule has 1 aromatic carbocycles. The van der Waals surface area contributed by atoms with Gasteiger partial charge in [0.2, 0.25) is 0 Å². The molecule has 0 aliphatic carbocycles.